The second-order valence-corrected chi connectivity index (χ2v) is 4.73. The monoisotopic (exact) mass is 230 g/mol. The van der Waals surface area contributed by atoms with Gasteiger partial charge in [0.1, 0.15) is 0 Å². The van der Waals surface area contributed by atoms with Gasteiger partial charge in [-0.05, 0) is 0 Å². The zero-order valence-corrected chi connectivity index (χ0v) is 10.4. The van der Waals surface area contributed by atoms with E-state index in [1.807, 2.05) is 6.07 Å². The number of benzene rings is 1. The Morgan fingerprint density at radius 3 is 2.71 bits per heavy atom. The molecule has 1 fully saturated rings. The van der Waals surface area contributed by atoms with Gasteiger partial charge in [-0.2, -0.15) is 0 Å². The fraction of sp³-hybridized carbons (Fsp3) is 0.538. The predicted octanol–water partition coefficient (Wildman–Crippen LogP) is 1.20. The van der Waals surface area contributed by atoms with Gasteiger partial charge in [0.15, 0.2) is 0 Å². The Labute approximate surface area is 104 Å². The minimum atomic E-state index is 0.470. The molecule has 0 saturated carbocycles. The van der Waals surface area contributed by atoms with E-state index < -0.39 is 0 Å². The van der Waals surface area contributed by atoms with Gasteiger partial charge in [-0.3, -0.25) is 0 Å². The van der Waals surface area contributed by atoms with Crippen molar-refractivity contribution in [2.24, 2.45) is 0 Å². The van der Waals surface area contributed by atoms with Crippen LogP contribution in [0.3, 0.4) is 0 Å². The average molecular weight is 230 g/mol. The van der Waals surface area contributed by atoms with E-state index >= 15 is 0 Å². The molecule has 90 valence electrons. The van der Waals surface area contributed by atoms with Crippen LogP contribution in [0.2, 0.25) is 0 Å². The molecule has 0 radical (unpaired) electrons. The van der Waals surface area contributed by atoms with Crippen LogP contribution in [0.1, 0.15) is 12.5 Å². The van der Waals surface area contributed by atoms with Crippen LogP contribution in [0.4, 0.5) is 0 Å². The number of nitrogens with zero attached hydrogens (tertiary/aromatic N) is 2. The Kier molecular flexibility index (Phi) is 4.46. The summed E-state index contributed by atoms with van der Waals surface area (Å²) < 4.78 is 10.5. The van der Waals surface area contributed by atoms with Crippen LogP contribution in [0.15, 0.2) is 30.3 Å². The van der Waals surface area contributed by atoms with Gasteiger partial charge in [-0.15, -0.1) is 0 Å². The van der Waals surface area contributed by atoms with Crippen molar-refractivity contribution in [3.05, 3.63) is 35.9 Å². The van der Waals surface area contributed by atoms with E-state index in [9.17, 15) is 4.70 Å². The zero-order chi connectivity index (χ0) is 12.1. The Balaban J connectivity index is 1.87. The first-order chi connectivity index (χ1) is 8.29. The molecule has 1 aliphatic rings. The molecule has 0 unspecified atom stereocenters. The van der Waals surface area contributed by atoms with Crippen molar-refractivity contribution in [3.63, 3.8) is 0 Å². The van der Waals surface area contributed by atoms with Crippen molar-refractivity contribution >= 4 is 7.15 Å². The van der Waals surface area contributed by atoms with Gasteiger partial charge in [-0.25, -0.2) is 0 Å². The van der Waals surface area contributed by atoms with Crippen LogP contribution in [0.5, 0.6) is 0 Å². The van der Waals surface area contributed by atoms with Crippen LogP contribution in [0, 0.1) is 0 Å². The number of rotatable bonds is 4. The van der Waals surface area contributed by atoms with Gasteiger partial charge in [0.2, 0.25) is 0 Å². The van der Waals surface area contributed by atoms with Gasteiger partial charge < -0.3 is 0 Å². The zero-order valence-electron chi connectivity index (χ0n) is 10.4. The maximum atomic E-state index is 10.5. The van der Waals surface area contributed by atoms with E-state index in [0.717, 1.165) is 33.3 Å². The quantitative estimate of drug-likeness (QED) is 0.726. The number of hydrogen-bond acceptors (Lipinski definition) is 3. The van der Waals surface area contributed by atoms with Gasteiger partial charge in [0.05, 0.1) is 0 Å². The van der Waals surface area contributed by atoms with E-state index in [0.29, 0.717) is 12.5 Å². The number of hydrogen-bond donors (Lipinski definition) is 0. The molecule has 1 heterocycles. The third-order valence-electron chi connectivity index (χ3n) is 3.41. The Morgan fingerprint density at radius 1 is 1.29 bits per heavy atom. The molecular formula is C13H19BN2O. The Morgan fingerprint density at radius 2 is 2.06 bits per heavy atom. The molecule has 2 rings (SSSR count). The van der Waals surface area contributed by atoms with Crippen molar-refractivity contribution in [3.8, 4) is 0 Å². The SMILES string of the molecule is C[C@H]1CN(Cc2ccccc2)CCN1CB=O. The first kappa shape index (κ1) is 12.5. The molecule has 3 nitrogen and oxygen atoms in total. The van der Waals surface area contributed by atoms with Crippen molar-refractivity contribution in [2.45, 2.75) is 19.5 Å². The molecule has 1 aliphatic heterocycles. The van der Waals surface area contributed by atoms with Crippen LogP contribution in [-0.2, 0) is 11.2 Å². The summed E-state index contributed by atoms with van der Waals surface area (Å²) in [6.07, 6.45) is 0.570. The number of piperazine rings is 1. The van der Waals surface area contributed by atoms with E-state index in [1.165, 1.54) is 5.56 Å². The van der Waals surface area contributed by atoms with Gasteiger partial charge in [0.25, 0.3) is 0 Å². The normalized spacial score (nSPS) is 22.3. The fourth-order valence-corrected chi connectivity index (χ4v) is 2.42. The fourth-order valence-electron chi connectivity index (χ4n) is 2.42. The molecule has 1 atom stereocenters. The summed E-state index contributed by atoms with van der Waals surface area (Å²) in [4.78, 5) is 4.70. The molecule has 0 aromatic heterocycles. The summed E-state index contributed by atoms with van der Waals surface area (Å²) in [6.45, 7) is 6.29. The summed E-state index contributed by atoms with van der Waals surface area (Å²) in [6, 6.07) is 11.0. The van der Waals surface area contributed by atoms with E-state index in [1.54, 1.807) is 0 Å². The minimum absolute atomic E-state index is 0.470. The second kappa shape index (κ2) is 6.08. The van der Waals surface area contributed by atoms with Crippen molar-refractivity contribution in [1.82, 2.24) is 9.80 Å². The van der Waals surface area contributed by atoms with Gasteiger partial charge in [0, 0.05) is 0 Å². The second-order valence-electron chi connectivity index (χ2n) is 4.73. The summed E-state index contributed by atoms with van der Waals surface area (Å²) in [5.74, 6) is 0. The molecule has 4 heteroatoms. The first-order valence-corrected chi connectivity index (χ1v) is 6.23. The molecule has 0 bridgehead atoms. The van der Waals surface area contributed by atoms with Crippen LogP contribution in [-0.4, -0.2) is 49.1 Å². The van der Waals surface area contributed by atoms with Gasteiger partial charge in [-0.1, -0.05) is 0 Å². The summed E-state index contributed by atoms with van der Waals surface area (Å²) in [5, 5.41) is 0. The van der Waals surface area contributed by atoms with E-state index in [-0.39, 0.29) is 0 Å². The van der Waals surface area contributed by atoms with Crippen LogP contribution >= 0.6 is 0 Å². The average Bonchev–Trinajstić information content (AvgIpc) is 2.34. The molecular weight excluding hydrogens is 211 g/mol. The molecule has 0 N–H and O–H groups in total. The third-order valence-corrected chi connectivity index (χ3v) is 3.41. The summed E-state index contributed by atoms with van der Waals surface area (Å²) in [5.41, 5.74) is 1.36. The Hall–Kier alpha value is -0.995. The molecule has 0 spiro atoms. The van der Waals surface area contributed by atoms with E-state index in [4.69, 9.17) is 0 Å². The molecule has 1 aromatic carbocycles. The van der Waals surface area contributed by atoms with E-state index in [2.05, 4.69) is 41.0 Å². The van der Waals surface area contributed by atoms with Crippen molar-refractivity contribution in [1.29, 1.82) is 0 Å². The van der Waals surface area contributed by atoms with Crippen LogP contribution < -0.4 is 0 Å². The maximum absolute atomic E-state index is 10.5. The summed E-state index contributed by atoms with van der Waals surface area (Å²) >= 11 is 0. The predicted molar refractivity (Wildman–Crippen MR) is 69.2 cm³/mol. The third kappa shape index (κ3) is 3.48. The first-order valence-electron chi connectivity index (χ1n) is 6.23. The van der Waals surface area contributed by atoms with Crippen molar-refractivity contribution < 1.29 is 4.70 Å². The topological polar surface area (TPSA) is 23.6 Å². The molecule has 1 aromatic rings. The molecule has 1 saturated heterocycles. The molecule has 0 aliphatic carbocycles. The summed E-state index contributed by atoms with van der Waals surface area (Å²) in [7, 11) is 1.00. The van der Waals surface area contributed by atoms with Gasteiger partial charge >= 0.3 is 103 Å². The van der Waals surface area contributed by atoms with Crippen LogP contribution in [0.25, 0.3) is 0 Å². The molecule has 17 heavy (non-hydrogen) atoms. The van der Waals surface area contributed by atoms with Crippen molar-refractivity contribution in [2.75, 3.05) is 26.1 Å². The standard InChI is InChI=1S/C13H19BN2O/c1-12-9-15(7-8-16(12)11-14-17)10-13-5-3-2-4-6-13/h2-6,12H,7-11H2,1H3/t12-/m0/s1. The molecule has 0 amide bonds. The Bertz CT molecular complexity index is 358.